The van der Waals surface area contributed by atoms with Gasteiger partial charge in [0.05, 0.1) is 0 Å². The summed E-state index contributed by atoms with van der Waals surface area (Å²) in [5, 5.41) is 4.20. The largest absolute Gasteiger partial charge is 0.333 e. The number of nitrogens with one attached hydrogen (secondary N) is 1. The van der Waals surface area contributed by atoms with Crippen LogP contribution in [-0.2, 0) is 6.54 Å². The van der Waals surface area contributed by atoms with E-state index in [0.29, 0.717) is 18.0 Å². The van der Waals surface area contributed by atoms with Crippen LogP contribution in [0.3, 0.4) is 0 Å². The van der Waals surface area contributed by atoms with Gasteiger partial charge < -0.3 is 15.1 Å². The number of piperazine rings is 1. The summed E-state index contributed by atoms with van der Waals surface area (Å²) >= 11 is 6.20. The lowest BCUT2D eigenvalue weighted by molar-refractivity contribution is 0.0632. The van der Waals surface area contributed by atoms with Crippen LogP contribution in [0.15, 0.2) is 48.0 Å². The number of carbonyl (C=O) groups excluding carboxylic acids is 2. The number of amides is 2. The molecule has 0 radical (unpaired) electrons. The summed E-state index contributed by atoms with van der Waals surface area (Å²) in [5.41, 5.74) is 7.13. The molecule has 3 atom stereocenters. The maximum Gasteiger partial charge on any atom is 0.254 e. The van der Waals surface area contributed by atoms with Gasteiger partial charge in [-0.05, 0) is 97.5 Å². The highest BCUT2D eigenvalue weighted by Gasteiger charge is 2.46. The second-order valence-electron chi connectivity index (χ2n) is 13.7. The lowest BCUT2D eigenvalue weighted by Crippen LogP contribution is -2.49. The third-order valence-corrected chi connectivity index (χ3v) is 10.5. The summed E-state index contributed by atoms with van der Waals surface area (Å²) in [4.78, 5) is 33.5. The Bertz CT molecular complexity index is 1390. The average molecular weight is 573 g/mol. The highest BCUT2D eigenvalue weighted by Crippen LogP contribution is 2.44. The normalized spacial score (nSPS) is 27.6. The molecule has 2 bridgehead atoms. The van der Waals surface area contributed by atoms with Gasteiger partial charge in [0.25, 0.3) is 11.8 Å². The Morgan fingerprint density at radius 3 is 2.63 bits per heavy atom. The van der Waals surface area contributed by atoms with E-state index < -0.39 is 0 Å². The van der Waals surface area contributed by atoms with Gasteiger partial charge in [-0.15, -0.1) is 0 Å². The van der Waals surface area contributed by atoms with E-state index in [9.17, 15) is 9.59 Å². The molecule has 4 aliphatic heterocycles. The molecule has 216 valence electrons. The van der Waals surface area contributed by atoms with Crippen LogP contribution in [0.2, 0.25) is 5.02 Å². The first-order chi connectivity index (χ1) is 19.8. The molecule has 2 aromatic rings. The number of allylic oxidation sites excluding steroid dienone is 1. The monoisotopic (exact) mass is 572 g/mol. The average Bonchev–Trinajstić information content (AvgIpc) is 3.67. The van der Waals surface area contributed by atoms with E-state index in [-0.39, 0.29) is 23.9 Å². The van der Waals surface area contributed by atoms with E-state index in [0.717, 1.165) is 86.5 Å². The lowest BCUT2D eigenvalue weighted by Gasteiger charge is -2.38. The van der Waals surface area contributed by atoms with Crippen LogP contribution in [0.25, 0.3) is 5.57 Å². The summed E-state index contributed by atoms with van der Waals surface area (Å²) < 4.78 is 0. The first kappa shape index (κ1) is 27.2. The van der Waals surface area contributed by atoms with Gasteiger partial charge in [0.1, 0.15) is 0 Å². The summed E-state index contributed by atoms with van der Waals surface area (Å²) in [6.07, 6.45) is 6.62. The van der Waals surface area contributed by atoms with Crippen LogP contribution in [-0.4, -0.2) is 77.4 Å². The molecular weight excluding hydrogens is 532 g/mol. The number of hydrogen-bond acceptors (Lipinski definition) is 4. The van der Waals surface area contributed by atoms with Crippen molar-refractivity contribution in [1.29, 1.82) is 0 Å². The molecule has 3 fully saturated rings. The highest BCUT2D eigenvalue weighted by molar-refractivity contribution is 6.30. The minimum Gasteiger partial charge on any atom is -0.333 e. The lowest BCUT2D eigenvalue weighted by atomic mass is 9.72. The predicted octanol–water partition coefficient (Wildman–Crippen LogP) is 5.61. The molecule has 1 N–H and O–H groups in total. The first-order valence-corrected chi connectivity index (χ1v) is 15.8. The molecule has 1 unspecified atom stereocenters. The summed E-state index contributed by atoms with van der Waals surface area (Å²) in [7, 11) is 0. The first-order valence-electron chi connectivity index (χ1n) is 15.4. The fourth-order valence-corrected chi connectivity index (χ4v) is 8.06. The molecule has 0 saturated carbocycles. The van der Waals surface area contributed by atoms with Crippen molar-refractivity contribution in [2.75, 3.05) is 32.7 Å². The van der Waals surface area contributed by atoms with Gasteiger partial charge in [0.2, 0.25) is 0 Å². The van der Waals surface area contributed by atoms with Crippen molar-refractivity contribution in [3.05, 3.63) is 75.3 Å². The summed E-state index contributed by atoms with van der Waals surface area (Å²) in [6, 6.07) is 15.0. The number of likely N-dealkylation sites (tertiary alicyclic amines) is 2. The molecule has 41 heavy (non-hydrogen) atoms. The number of rotatable bonds is 5. The Morgan fingerprint density at radius 2 is 1.90 bits per heavy atom. The minimum atomic E-state index is 0.113. The second-order valence-corrected chi connectivity index (χ2v) is 14.1. The summed E-state index contributed by atoms with van der Waals surface area (Å²) in [6.45, 7) is 9.96. The Hall–Kier alpha value is -2.67. The summed E-state index contributed by atoms with van der Waals surface area (Å²) in [5.74, 6) is 0.229. The maximum atomic E-state index is 13.7. The van der Waals surface area contributed by atoms with Gasteiger partial charge in [0.15, 0.2) is 0 Å². The fraction of sp³-hybridized carbons (Fsp3) is 0.529. The van der Waals surface area contributed by atoms with E-state index in [1.807, 2.05) is 35.2 Å². The van der Waals surface area contributed by atoms with Crippen molar-refractivity contribution in [3.63, 3.8) is 0 Å². The van der Waals surface area contributed by atoms with E-state index in [1.165, 1.54) is 17.6 Å². The van der Waals surface area contributed by atoms with Gasteiger partial charge in [0, 0.05) is 67.0 Å². The zero-order valence-corrected chi connectivity index (χ0v) is 25.1. The Morgan fingerprint density at radius 1 is 1.07 bits per heavy atom. The third-order valence-electron chi connectivity index (χ3n) is 10.3. The van der Waals surface area contributed by atoms with Crippen molar-refractivity contribution < 1.29 is 9.59 Å². The number of fused-ring (bicyclic) bond motifs is 3. The van der Waals surface area contributed by atoms with E-state index in [4.69, 9.17) is 11.6 Å². The minimum absolute atomic E-state index is 0.113. The molecule has 4 heterocycles. The molecule has 0 spiro atoms. The van der Waals surface area contributed by atoms with Gasteiger partial charge in [-0.25, -0.2) is 0 Å². The molecular formula is C34H41ClN4O2. The number of carbonyl (C=O) groups is 2. The Kier molecular flexibility index (Phi) is 7.00. The number of halogens is 1. The fourth-order valence-electron chi connectivity index (χ4n) is 7.94. The third kappa shape index (κ3) is 5.13. The molecule has 2 aromatic carbocycles. The van der Waals surface area contributed by atoms with Crippen LogP contribution < -0.4 is 5.32 Å². The van der Waals surface area contributed by atoms with Gasteiger partial charge in [-0.2, -0.15) is 0 Å². The van der Waals surface area contributed by atoms with Crippen molar-refractivity contribution in [2.45, 2.75) is 77.0 Å². The van der Waals surface area contributed by atoms with E-state index >= 15 is 0 Å². The molecule has 6 nitrogen and oxygen atoms in total. The van der Waals surface area contributed by atoms with Gasteiger partial charge in [-0.1, -0.05) is 43.2 Å². The van der Waals surface area contributed by atoms with E-state index in [2.05, 4.69) is 41.1 Å². The number of nitrogens with zero attached hydrogens (tertiary/aromatic N) is 3. The molecule has 3 saturated heterocycles. The number of benzene rings is 2. The highest BCUT2D eigenvalue weighted by atomic mass is 35.5. The van der Waals surface area contributed by atoms with Crippen LogP contribution >= 0.6 is 11.6 Å². The van der Waals surface area contributed by atoms with Crippen molar-refractivity contribution in [2.24, 2.45) is 5.41 Å². The Balaban J connectivity index is 1.04. The molecule has 7 rings (SSSR count). The standard InChI is InChI=1S/C34H41ClN4O2/c1-34(2)12-11-24(31(16-34)22-5-8-26(35)9-6-22)18-37-20-29-15-28(37)21-39(29)32(40)23-7-10-30-25(14-23)19-38(33(30)41)27-4-3-13-36-17-27/h5-10,14,27-29,36H,3-4,11-13,15-21H2,1-2H3/t27?,28-,29-/m0/s1. The van der Waals surface area contributed by atoms with Crippen LogP contribution in [0.5, 0.6) is 0 Å². The quantitative estimate of drug-likeness (QED) is 0.506. The van der Waals surface area contributed by atoms with Crippen LogP contribution in [0.4, 0.5) is 0 Å². The smallest absolute Gasteiger partial charge is 0.254 e. The molecule has 2 amide bonds. The molecule has 1 aliphatic carbocycles. The van der Waals surface area contributed by atoms with Crippen molar-refractivity contribution >= 4 is 29.0 Å². The zero-order valence-electron chi connectivity index (χ0n) is 24.3. The van der Waals surface area contributed by atoms with Crippen LogP contribution in [0.1, 0.15) is 84.2 Å². The predicted molar refractivity (Wildman–Crippen MR) is 163 cm³/mol. The van der Waals surface area contributed by atoms with Gasteiger partial charge in [-0.3, -0.25) is 14.5 Å². The molecule has 5 aliphatic rings. The molecule has 0 aromatic heterocycles. The molecule has 7 heteroatoms. The van der Waals surface area contributed by atoms with Crippen molar-refractivity contribution in [1.82, 2.24) is 20.0 Å². The SMILES string of the molecule is CC1(C)CCC(CN2C[C@@H]3C[C@H]2CN3C(=O)c2ccc3c(c2)CN(C2CCCNC2)C3=O)=C(c2ccc(Cl)cc2)C1. The second kappa shape index (κ2) is 10.6. The number of piperidine rings is 1. The topological polar surface area (TPSA) is 55.9 Å². The Labute approximate surface area is 248 Å². The number of hydrogen-bond donors (Lipinski definition) is 1. The van der Waals surface area contributed by atoms with E-state index in [1.54, 1.807) is 5.57 Å². The van der Waals surface area contributed by atoms with Gasteiger partial charge >= 0.3 is 0 Å². The maximum absolute atomic E-state index is 13.7. The zero-order chi connectivity index (χ0) is 28.3. The van der Waals surface area contributed by atoms with Crippen LogP contribution in [0, 0.1) is 5.41 Å². The van der Waals surface area contributed by atoms with Crippen molar-refractivity contribution in [3.8, 4) is 0 Å².